The monoisotopic (exact) mass is 277 g/mol. The molecule has 2 nitrogen and oxygen atoms in total. The second-order valence-electron chi connectivity index (χ2n) is 6.10. The zero-order chi connectivity index (χ0) is 15.0. The molecule has 2 heteroatoms. The number of ether oxygens (including phenoxy) is 1. The van der Waals surface area contributed by atoms with Crippen LogP contribution >= 0.6 is 0 Å². The quantitative estimate of drug-likeness (QED) is 0.721. The molecule has 0 aliphatic carbocycles. The number of rotatable bonds is 9. The molecule has 0 aromatic heterocycles. The average molecular weight is 277 g/mol. The molecular weight excluding hydrogens is 246 g/mol. The molecule has 3 unspecified atom stereocenters. The van der Waals surface area contributed by atoms with Gasteiger partial charge in [-0.2, -0.15) is 0 Å². The van der Waals surface area contributed by atoms with Gasteiger partial charge in [0.15, 0.2) is 0 Å². The zero-order valence-electron chi connectivity index (χ0n) is 13.8. The number of benzene rings is 1. The maximum absolute atomic E-state index is 5.18. The number of hydrogen-bond donors (Lipinski definition) is 1. The van der Waals surface area contributed by atoms with Crippen LogP contribution < -0.4 is 10.1 Å². The minimum atomic E-state index is 0.566. The third-order valence-corrected chi connectivity index (χ3v) is 4.05. The van der Waals surface area contributed by atoms with Gasteiger partial charge >= 0.3 is 0 Å². The Morgan fingerprint density at radius 2 is 1.70 bits per heavy atom. The Morgan fingerprint density at radius 1 is 1.05 bits per heavy atom. The first-order valence-corrected chi connectivity index (χ1v) is 7.94. The Bertz CT molecular complexity index is 360. The Hall–Kier alpha value is -1.02. The van der Waals surface area contributed by atoms with Gasteiger partial charge in [-0.1, -0.05) is 32.4 Å². The SMILES string of the molecule is CCC(C)CC(C)NC(C)CCc1ccc(OC)cc1. The maximum atomic E-state index is 5.18. The smallest absolute Gasteiger partial charge is 0.118 e. The van der Waals surface area contributed by atoms with Crippen molar-refractivity contribution < 1.29 is 4.74 Å². The summed E-state index contributed by atoms with van der Waals surface area (Å²) in [6, 6.07) is 9.58. The Labute approximate surface area is 124 Å². The topological polar surface area (TPSA) is 21.3 Å². The van der Waals surface area contributed by atoms with Crippen LogP contribution in [-0.4, -0.2) is 19.2 Å². The van der Waals surface area contributed by atoms with E-state index in [0.717, 1.165) is 18.1 Å². The van der Waals surface area contributed by atoms with Crippen LogP contribution in [0.1, 0.15) is 52.5 Å². The van der Waals surface area contributed by atoms with Gasteiger partial charge < -0.3 is 10.1 Å². The molecule has 0 heterocycles. The van der Waals surface area contributed by atoms with E-state index in [-0.39, 0.29) is 0 Å². The van der Waals surface area contributed by atoms with Crippen molar-refractivity contribution in [3.8, 4) is 5.75 Å². The van der Waals surface area contributed by atoms with E-state index >= 15 is 0 Å². The van der Waals surface area contributed by atoms with Crippen molar-refractivity contribution >= 4 is 0 Å². The van der Waals surface area contributed by atoms with Crippen molar-refractivity contribution in [1.29, 1.82) is 0 Å². The van der Waals surface area contributed by atoms with Crippen molar-refractivity contribution in [2.45, 2.75) is 65.5 Å². The lowest BCUT2D eigenvalue weighted by Crippen LogP contribution is -2.35. The van der Waals surface area contributed by atoms with Crippen LogP contribution in [0.15, 0.2) is 24.3 Å². The third-order valence-electron chi connectivity index (χ3n) is 4.05. The summed E-state index contributed by atoms with van der Waals surface area (Å²) < 4.78 is 5.18. The molecule has 0 saturated carbocycles. The van der Waals surface area contributed by atoms with E-state index in [9.17, 15) is 0 Å². The predicted molar refractivity (Wildman–Crippen MR) is 87.4 cm³/mol. The molecule has 1 rings (SSSR count). The Balaban J connectivity index is 2.29. The van der Waals surface area contributed by atoms with Gasteiger partial charge in [-0.25, -0.2) is 0 Å². The van der Waals surface area contributed by atoms with Crippen LogP contribution in [0, 0.1) is 5.92 Å². The number of hydrogen-bond acceptors (Lipinski definition) is 2. The Kier molecular flexibility index (Phi) is 7.68. The van der Waals surface area contributed by atoms with Crippen molar-refractivity contribution in [2.75, 3.05) is 7.11 Å². The van der Waals surface area contributed by atoms with E-state index in [1.165, 1.54) is 24.8 Å². The van der Waals surface area contributed by atoms with Crippen LogP contribution in [-0.2, 0) is 6.42 Å². The molecule has 1 N–H and O–H groups in total. The molecule has 1 aromatic carbocycles. The van der Waals surface area contributed by atoms with Gasteiger partial charge in [0.2, 0.25) is 0 Å². The van der Waals surface area contributed by atoms with Gasteiger partial charge in [-0.3, -0.25) is 0 Å². The van der Waals surface area contributed by atoms with Crippen LogP contribution in [0.5, 0.6) is 5.75 Å². The van der Waals surface area contributed by atoms with Gasteiger partial charge in [0, 0.05) is 12.1 Å². The van der Waals surface area contributed by atoms with Crippen molar-refractivity contribution in [2.24, 2.45) is 5.92 Å². The Morgan fingerprint density at radius 3 is 2.25 bits per heavy atom. The second-order valence-corrected chi connectivity index (χ2v) is 6.10. The normalized spacial score (nSPS) is 15.7. The lowest BCUT2D eigenvalue weighted by atomic mass is 9.99. The fourth-order valence-corrected chi connectivity index (χ4v) is 2.58. The van der Waals surface area contributed by atoms with Gasteiger partial charge in [0.05, 0.1) is 7.11 Å². The molecule has 0 aliphatic heterocycles. The average Bonchev–Trinajstić information content (AvgIpc) is 2.45. The highest BCUT2D eigenvalue weighted by Crippen LogP contribution is 2.14. The first-order chi connectivity index (χ1) is 9.55. The van der Waals surface area contributed by atoms with E-state index in [4.69, 9.17) is 4.74 Å². The molecule has 1 aromatic rings. The first-order valence-electron chi connectivity index (χ1n) is 7.94. The van der Waals surface area contributed by atoms with Crippen molar-refractivity contribution in [1.82, 2.24) is 5.32 Å². The summed E-state index contributed by atoms with van der Waals surface area (Å²) in [7, 11) is 1.71. The fraction of sp³-hybridized carbons (Fsp3) is 0.667. The molecule has 0 radical (unpaired) electrons. The summed E-state index contributed by atoms with van der Waals surface area (Å²) >= 11 is 0. The first kappa shape index (κ1) is 17.0. The minimum Gasteiger partial charge on any atom is -0.497 e. The number of nitrogens with one attached hydrogen (secondary N) is 1. The maximum Gasteiger partial charge on any atom is 0.118 e. The predicted octanol–water partition coefficient (Wildman–Crippen LogP) is 4.43. The van der Waals surface area contributed by atoms with Gasteiger partial charge in [0.1, 0.15) is 5.75 Å². The molecular formula is C18H31NO. The molecule has 114 valence electrons. The largest absolute Gasteiger partial charge is 0.497 e. The fourth-order valence-electron chi connectivity index (χ4n) is 2.58. The lowest BCUT2D eigenvalue weighted by molar-refractivity contribution is 0.373. The lowest BCUT2D eigenvalue weighted by Gasteiger charge is -2.22. The molecule has 3 atom stereocenters. The highest BCUT2D eigenvalue weighted by molar-refractivity contribution is 5.27. The van der Waals surface area contributed by atoms with E-state index in [1.54, 1.807) is 7.11 Å². The minimum absolute atomic E-state index is 0.566. The second kappa shape index (κ2) is 9.02. The van der Waals surface area contributed by atoms with E-state index in [2.05, 4.69) is 45.1 Å². The van der Waals surface area contributed by atoms with E-state index < -0.39 is 0 Å². The molecule has 0 spiro atoms. The summed E-state index contributed by atoms with van der Waals surface area (Å²) in [5.41, 5.74) is 1.38. The summed E-state index contributed by atoms with van der Waals surface area (Å²) in [5.74, 6) is 1.74. The molecule has 0 amide bonds. The number of methoxy groups -OCH3 is 1. The number of aryl methyl sites for hydroxylation is 1. The summed E-state index contributed by atoms with van der Waals surface area (Å²) in [4.78, 5) is 0. The molecule has 0 fully saturated rings. The summed E-state index contributed by atoms with van der Waals surface area (Å²) in [5, 5.41) is 3.71. The highest BCUT2D eigenvalue weighted by Gasteiger charge is 2.10. The summed E-state index contributed by atoms with van der Waals surface area (Å²) in [6.45, 7) is 9.19. The van der Waals surface area contributed by atoms with Crippen molar-refractivity contribution in [3.05, 3.63) is 29.8 Å². The molecule has 0 saturated heterocycles. The van der Waals surface area contributed by atoms with E-state index in [0.29, 0.717) is 12.1 Å². The van der Waals surface area contributed by atoms with Gasteiger partial charge in [-0.05, 0) is 56.7 Å². The standard InChI is InChI=1S/C18H31NO/c1-6-14(2)13-16(4)19-15(3)7-8-17-9-11-18(20-5)12-10-17/h9-12,14-16,19H,6-8,13H2,1-5H3. The zero-order valence-corrected chi connectivity index (χ0v) is 13.8. The van der Waals surface area contributed by atoms with Crippen LogP contribution in [0.4, 0.5) is 0 Å². The van der Waals surface area contributed by atoms with E-state index in [1.807, 2.05) is 12.1 Å². The molecule has 0 aliphatic rings. The molecule has 0 bridgehead atoms. The van der Waals surface area contributed by atoms with Crippen molar-refractivity contribution in [3.63, 3.8) is 0 Å². The van der Waals surface area contributed by atoms with Crippen LogP contribution in [0.2, 0.25) is 0 Å². The third kappa shape index (κ3) is 6.42. The van der Waals surface area contributed by atoms with Gasteiger partial charge in [0.25, 0.3) is 0 Å². The highest BCUT2D eigenvalue weighted by atomic mass is 16.5. The summed E-state index contributed by atoms with van der Waals surface area (Å²) in [6.07, 6.45) is 4.83. The van der Waals surface area contributed by atoms with Gasteiger partial charge in [-0.15, -0.1) is 0 Å². The van der Waals surface area contributed by atoms with Crippen LogP contribution in [0.3, 0.4) is 0 Å². The molecule has 20 heavy (non-hydrogen) atoms. The van der Waals surface area contributed by atoms with Crippen LogP contribution in [0.25, 0.3) is 0 Å².